The minimum Gasteiger partial charge on any atom is -0.320 e. The van der Waals surface area contributed by atoms with E-state index in [2.05, 4.69) is 26.5 Å². The van der Waals surface area contributed by atoms with Crippen molar-refractivity contribution in [3.8, 4) is 11.8 Å². The molecule has 2 rings (SSSR count). The van der Waals surface area contributed by atoms with Crippen molar-refractivity contribution in [2.45, 2.75) is 18.4 Å². The second-order valence-corrected chi connectivity index (χ2v) is 7.19. The van der Waals surface area contributed by atoms with Crippen LogP contribution in [0, 0.1) is 18.8 Å². The van der Waals surface area contributed by atoms with Gasteiger partial charge in [-0.3, -0.25) is 4.98 Å². The molecule has 0 spiro atoms. The number of rotatable bonds is 4. The Morgan fingerprint density at radius 3 is 2.86 bits per heavy atom. The molecule has 0 unspecified atom stereocenters. The van der Waals surface area contributed by atoms with Gasteiger partial charge in [0.1, 0.15) is 9.90 Å². The molecule has 0 aliphatic heterocycles. The van der Waals surface area contributed by atoms with Crippen LogP contribution < -0.4 is 10.5 Å². The molecule has 0 aliphatic carbocycles. The SMILES string of the molecule is Cc1cnc(CNS(=O)(=O)c2cncc(C#CCN)c2)s1. The molecule has 0 aliphatic rings. The molecule has 0 saturated carbocycles. The van der Waals surface area contributed by atoms with E-state index in [0.29, 0.717) is 10.6 Å². The molecule has 0 amide bonds. The fraction of sp³-hybridized carbons (Fsp3) is 0.231. The lowest BCUT2D eigenvalue weighted by Crippen LogP contribution is -2.23. The number of nitrogens with one attached hydrogen (secondary N) is 1. The predicted molar refractivity (Wildman–Crippen MR) is 81.0 cm³/mol. The number of thiazole rings is 1. The van der Waals surface area contributed by atoms with Crippen molar-refractivity contribution in [2.24, 2.45) is 5.73 Å². The lowest BCUT2D eigenvalue weighted by molar-refractivity contribution is 0.580. The van der Waals surface area contributed by atoms with E-state index in [9.17, 15) is 8.42 Å². The van der Waals surface area contributed by atoms with Crippen LogP contribution >= 0.6 is 11.3 Å². The van der Waals surface area contributed by atoms with Crippen LogP contribution in [0.4, 0.5) is 0 Å². The Morgan fingerprint density at radius 2 is 2.19 bits per heavy atom. The molecule has 2 heterocycles. The molecule has 8 heteroatoms. The van der Waals surface area contributed by atoms with Crippen molar-refractivity contribution in [3.63, 3.8) is 0 Å². The molecular formula is C13H14N4O2S2. The summed E-state index contributed by atoms with van der Waals surface area (Å²) in [7, 11) is -3.64. The molecule has 0 bridgehead atoms. The van der Waals surface area contributed by atoms with Gasteiger partial charge in [0.2, 0.25) is 10.0 Å². The largest absolute Gasteiger partial charge is 0.320 e. The smallest absolute Gasteiger partial charge is 0.242 e. The maximum Gasteiger partial charge on any atom is 0.242 e. The molecule has 0 radical (unpaired) electrons. The molecule has 0 fully saturated rings. The van der Waals surface area contributed by atoms with Crippen LogP contribution in [0.5, 0.6) is 0 Å². The summed E-state index contributed by atoms with van der Waals surface area (Å²) in [5.74, 6) is 5.41. The van der Waals surface area contributed by atoms with Gasteiger partial charge in [-0.15, -0.1) is 11.3 Å². The van der Waals surface area contributed by atoms with E-state index >= 15 is 0 Å². The number of aromatic nitrogens is 2. The monoisotopic (exact) mass is 322 g/mol. The first kappa shape index (κ1) is 15.6. The quantitative estimate of drug-likeness (QED) is 0.805. The molecule has 2 aromatic heterocycles. The standard InChI is InChI=1S/C13H14N4O2S2/c1-10-6-16-13(20-10)9-17-21(18,19)12-5-11(3-2-4-14)7-15-8-12/h5-8,17H,4,9,14H2,1H3. The highest BCUT2D eigenvalue weighted by Gasteiger charge is 2.15. The van der Waals surface area contributed by atoms with E-state index in [0.717, 1.165) is 4.88 Å². The lowest BCUT2D eigenvalue weighted by Gasteiger charge is -2.05. The highest BCUT2D eigenvalue weighted by Crippen LogP contribution is 2.13. The molecule has 21 heavy (non-hydrogen) atoms. The number of hydrogen-bond donors (Lipinski definition) is 2. The van der Waals surface area contributed by atoms with E-state index in [1.165, 1.54) is 29.8 Å². The van der Waals surface area contributed by atoms with Gasteiger partial charge >= 0.3 is 0 Å². The maximum absolute atomic E-state index is 12.2. The van der Waals surface area contributed by atoms with E-state index in [1.54, 1.807) is 6.20 Å². The minimum atomic E-state index is -3.64. The first-order valence-electron chi connectivity index (χ1n) is 6.06. The van der Waals surface area contributed by atoms with Crippen LogP contribution in [-0.2, 0) is 16.6 Å². The normalized spacial score (nSPS) is 11.0. The predicted octanol–water partition coefficient (Wildman–Crippen LogP) is 0.635. The Morgan fingerprint density at radius 1 is 1.38 bits per heavy atom. The third-order valence-electron chi connectivity index (χ3n) is 2.44. The third kappa shape index (κ3) is 4.34. The van der Waals surface area contributed by atoms with E-state index in [-0.39, 0.29) is 18.0 Å². The topological polar surface area (TPSA) is 98.0 Å². The lowest BCUT2D eigenvalue weighted by atomic mass is 10.3. The highest BCUT2D eigenvalue weighted by molar-refractivity contribution is 7.89. The molecule has 0 saturated heterocycles. The Balaban J connectivity index is 2.15. The second-order valence-electron chi connectivity index (χ2n) is 4.10. The van der Waals surface area contributed by atoms with Crippen LogP contribution in [0.25, 0.3) is 0 Å². The van der Waals surface area contributed by atoms with Gasteiger partial charge in [0, 0.05) is 29.0 Å². The molecule has 3 N–H and O–H groups in total. The minimum absolute atomic E-state index is 0.0691. The van der Waals surface area contributed by atoms with Gasteiger partial charge in [0.15, 0.2) is 0 Å². The Labute approximate surface area is 127 Å². The average Bonchev–Trinajstić information content (AvgIpc) is 2.89. The van der Waals surface area contributed by atoms with Crippen molar-refractivity contribution >= 4 is 21.4 Å². The van der Waals surface area contributed by atoms with Gasteiger partial charge in [0.05, 0.1) is 13.1 Å². The number of nitrogens with zero attached hydrogens (tertiary/aromatic N) is 2. The molecule has 0 aromatic carbocycles. The maximum atomic E-state index is 12.2. The van der Waals surface area contributed by atoms with Crippen molar-refractivity contribution < 1.29 is 8.42 Å². The summed E-state index contributed by atoms with van der Waals surface area (Å²) in [5, 5.41) is 0.711. The Kier molecular flexibility index (Phi) is 5.03. The Bertz CT molecular complexity index is 788. The zero-order valence-corrected chi connectivity index (χ0v) is 13.0. The second kappa shape index (κ2) is 6.78. The van der Waals surface area contributed by atoms with Crippen LogP contribution in [0.1, 0.15) is 15.4 Å². The first-order valence-corrected chi connectivity index (χ1v) is 8.36. The van der Waals surface area contributed by atoms with Crippen LogP contribution in [0.15, 0.2) is 29.6 Å². The van der Waals surface area contributed by atoms with Crippen molar-refractivity contribution in [1.29, 1.82) is 0 Å². The fourth-order valence-corrected chi connectivity index (χ4v) is 3.30. The summed E-state index contributed by atoms with van der Waals surface area (Å²) in [4.78, 5) is 9.10. The first-order chi connectivity index (χ1) is 10.0. The Hall–Kier alpha value is -1.79. The van der Waals surface area contributed by atoms with Gasteiger partial charge < -0.3 is 5.73 Å². The zero-order chi connectivity index (χ0) is 15.3. The van der Waals surface area contributed by atoms with Gasteiger partial charge in [0.25, 0.3) is 0 Å². The van der Waals surface area contributed by atoms with Gasteiger partial charge in [-0.05, 0) is 13.0 Å². The number of sulfonamides is 1. The van der Waals surface area contributed by atoms with Gasteiger partial charge in [-0.1, -0.05) is 11.8 Å². The van der Waals surface area contributed by atoms with E-state index in [1.807, 2.05) is 6.92 Å². The van der Waals surface area contributed by atoms with Crippen LogP contribution in [-0.4, -0.2) is 24.9 Å². The molecule has 6 nitrogen and oxygen atoms in total. The summed E-state index contributed by atoms with van der Waals surface area (Å²) in [6, 6.07) is 1.46. The van der Waals surface area contributed by atoms with E-state index in [4.69, 9.17) is 5.73 Å². The van der Waals surface area contributed by atoms with Crippen molar-refractivity contribution in [2.75, 3.05) is 6.54 Å². The average molecular weight is 322 g/mol. The summed E-state index contributed by atoms with van der Waals surface area (Å²) < 4.78 is 26.9. The number of hydrogen-bond acceptors (Lipinski definition) is 6. The molecule has 0 atom stereocenters. The van der Waals surface area contributed by atoms with Crippen LogP contribution in [0.3, 0.4) is 0 Å². The summed E-state index contributed by atoms with van der Waals surface area (Å²) in [6.07, 6.45) is 4.48. The molecular weight excluding hydrogens is 308 g/mol. The number of nitrogens with two attached hydrogens (primary N) is 1. The summed E-state index contributed by atoms with van der Waals surface area (Å²) in [5.41, 5.74) is 5.79. The fourth-order valence-electron chi connectivity index (χ4n) is 1.51. The van der Waals surface area contributed by atoms with Crippen molar-refractivity contribution in [3.05, 3.63) is 40.1 Å². The third-order valence-corrected chi connectivity index (χ3v) is 4.72. The summed E-state index contributed by atoms with van der Waals surface area (Å²) in [6.45, 7) is 2.28. The van der Waals surface area contributed by atoms with E-state index < -0.39 is 10.0 Å². The molecule has 2 aromatic rings. The number of pyridine rings is 1. The highest BCUT2D eigenvalue weighted by atomic mass is 32.2. The summed E-state index contributed by atoms with van der Waals surface area (Å²) >= 11 is 1.45. The van der Waals surface area contributed by atoms with Gasteiger partial charge in [-0.2, -0.15) is 0 Å². The number of aryl methyl sites for hydroxylation is 1. The molecule has 110 valence electrons. The zero-order valence-electron chi connectivity index (χ0n) is 11.3. The van der Waals surface area contributed by atoms with Gasteiger partial charge in [-0.25, -0.2) is 18.1 Å². The van der Waals surface area contributed by atoms with Crippen molar-refractivity contribution in [1.82, 2.24) is 14.7 Å². The van der Waals surface area contributed by atoms with Crippen LogP contribution in [0.2, 0.25) is 0 Å².